The van der Waals surface area contributed by atoms with Crippen LogP contribution >= 0.6 is 0 Å². The van der Waals surface area contributed by atoms with Crippen molar-refractivity contribution in [1.82, 2.24) is 9.80 Å². The van der Waals surface area contributed by atoms with Crippen LogP contribution < -0.4 is 5.73 Å². The molecule has 1 heterocycles. The van der Waals surface area contributed by atoms with Crippen LogP contribution in [0.4, 0.5) is 5.69 Å². The molecule has 1 saturated heterocycles. The number of piperazine rings is 1. The molecule has 0 aliphatic carbocycles. The Labute approximate surface area is 106 Å². The summed E-state index contributed by atoms with van der Waals surface area (Å²) in [4.78, 5) is 26.9. The van der Waals surface area contributed by atoms with E-state index in [4.69, 9.17) is 5.73 Å². The van der Waals surface area contributed by atoms with Crippen LogP contribution in [0.5, 0.6) is 0 Å². The van der Waals surface area contributed by atoms with E-state index in [0.29, 0.717) is 37.4 Å². The number of rotatable bonds is 1. The van der Waals surface area contributed by atoms with E-state index < -0.39 is 0 Å². The lowest BCUT2D eigenvalue weighted by molar-refractivity contribution is -0.130. The Bertz CT molecular complexity index is 465. The fourth-order valence-corrected chi connectivity index (χ4v) is 2.09. The SMILES string of the molecule is CC(=O)N1CCN(C(=O)c2ccccc2N)CC1. The Morgan fingerprint density at radius 3 is 2.17 bits per heavy atom. The van der Waals surface area contributed by atoms with Gasteiger partial charge in [-0.1, -0.05) is 12.1 Å². The van der Waals surface area contributed by atoms with Crippen molar-refractivity contribution in [1.29, 1.82) is 0 Å². The van der Waals surface area contributed by atoms with Crippen molar-refractivity contribution in [2.24, 2.45) is 0 Å². The summed E-state index contributed by atoms with van der Waals surface area (Å²) in [6, 6.07) is 7.06. The molecule has 0 spiro atoms. The minimum atomic E-state index is -0.0590. The van der Waals surface area contributed by atoms with Gasteiger partial charge in [0.2, 0.25) is 5.91 Å². The van der Waals surface area contributed by atoms with Crippen LogP contribution in [0.15, 0.2) is 24.3 Å². The zero-order chi connectivity index (χ0) is 13.1. The highest BCUT2D eigenvalue weighted by Crippen LogP contribution is 2.15. The zero-order valence-corrected chi connectivity index (χ0v) is 10.4. The van der Waals surface area contributed by atoms with Crippen molar-refractivity contribution in [3.8, 4) is 0 Å². The Morgan fingerprint density at radius 1 is 1.06 bits per heavy atom. The van der Waals surface area contributed by atoms with Crippen molar-refractivity contribution in [2.45, 2.75) is 6.92 Å². The van der Waals surface area contributed by atoms with E-state index in [2.05, 4.69) is 0 Å². The van der Waals surface area contributed by atoms with Gasteiger partial charge in [0.1, 0.15) is 0 Å². The first-order valence-electron chi connectivity index (χ1n) is 5.99. The van der Waals surface area contributed by atoms with Crippen LogP contribution in [0, 0.1) is 0 Å². The summed E-state index contributed by atoms with van der Waals surface area (Å²) in [5.74, 6) is -0.00220. The van der Waals surface area contributed by atoms with Crippen LogP contribution in [0.2, 0.25) is 0 Å². The summed E-state index contributed by atoms with van der Waals surface area (Å²) in [7, 11) is 0. The number of anilines is 1. The maximum absolute atomic E-state index is 12.2. The number of nitrogen functional groups attached to an aromatic ring is 1. The van der Waals surface area contributed by atoms with E-state index in [1.807, 2.05) is 0 Å². The van der Waals surface area contributed by atoms with Gasteiger partial charge in [-0.15, -0.1) is 0 Å². The smallest absolute Gasteiger partial charge is 0.256 e. The zero-order valence-electron chi connectivity index (χ0n) is 10.4. The second kappa shape index (κ2) is 5.08. The van der Waals surface area contributed by atoms with Crippen LogP contribution in [0.25, 0.3) is 0 Å². The predicted octanol–water partition coefficient (Wildman–Crippen LogP) is 0.573. The van der Waals surface area contributed by atoms with E-state index in [-0.39, 0.29) is 11.8 Å². The molecule has 0 aromatic heterocycles. The van der Waals surface area contributed by atoms with E-state index >= 15 is 0 Å². The maximum atomic E-state index is 12.2. The molecule has 5 nitrogen and oxygen atoms in total. The monoisotopic (exact) mass is 247 g/mol. The highest BCUT2D eigenvalue weighted by molar-refractivity contribution is 5.99. The third kappa shape index (κ3) is 2.45. The van der Waals surface area contributed by atoms with Crippen molar-refractivity contribution in [3.63, 3.8) is 0 Å². The van der Waals surface area contributed by atoms with Crippen molar-refractivity contribution < 1.29 is 9.59 Å². The molecule has 5 heteroatoms. The number of benzene rings is 1. The molecule has 2 amide bonds. The van der Waals surface area contributed by atoms with Crippen LogP contribution in [0.3, 0.4) is 0 Å². The minimum Gasteiger partial charge on any atom is -0.398 e. The quantitative estimate of drug-likeness (QED) is 0.738. The molecule has 18 heavy (non-hydrogen) atoms. The molecule has 0 atom stereocenters. The van der Waals surface area contributed by atoms with Crippen molar-refractivity contribution in [3.05, 3.63) is 29.8 Å². The lowest BCUT2D eigenvalue weighted by Gasteiger charge is -2.34. The van der Waals surface area contributed by atoms with Crippen LogP contribution in [-0.2, 0) is 4.79 Å². The minimum absolute atomic E-state index is 0.0568. The Balaban J connectivity index is 2.04. The van der Waals surface area contributed by atoms with Gasteiger partial charge in [0.05, 0.1) is 5.56 Å². The molecule has 0 unspecified atom stereocenters. The first-order chi connectivity index (χ1) is 8.59. The van der Waals surface area contributed by atoms with Crippen molar-refractivity contribution in [2.75, 3.05) is 31.9 Å². The number of nitrogens with zero attached hydrogens (tertiary/aromatic N) is 2. The molecule has 2 N–H and O–H groups in total. The van der Waals surface area contributed by atoms with Gasteiger partial charge in [-0.2, -0.15) is 0 Å². The van der Waals surface area contributed by atoms with Gasteiger partial charge in [-0.05, 0) is 12.1 Å². The van der Waals surface area contributed by atoms with Crippen LogP contribution in [-0.4, -0.2) is 47.8 Å². The number of carbonyl (C=O) groups is 2. The van der Waals surface area contributed by atoms with E-state index in [9.17, 15) is 9.59 Å². The largest absolute Gasteiger partial charge is 0.398 e. The molecule has 2 rings (SSSR count). The standard InChI is InChI=1S/C13H17N3O2/c1-10(17)15-6-8-16(9-7-15)13(18)11-4-2-3-5-12(11)14/h2-5H,6-9,14H2,1H3. The molecule has 0 radical (unpaired) electrons. The fourth-order valence-electron chi connectivity index (χ4n) is 2.09. The second-order valence-electron chi connectivity index (χ2n) is 4.39. The van der Waals surface area contributed by atoms with Crippen LogP contribution in [0.1, 0.15) is 17.3 Å². The molecular weight excluding hydrogens is 230 g/mol. The maximum Gasteiger partial charge on any atom is 0.256 e. The second-order valence-corrected chi connectivity index (χ2v) is 4.39. The summed E-state index contributed by atoms with van der Waals surface area (Å²) in [5.41, 5.74) is 6.82. The number of nitrogens with two attached hydrogens (primary N) is 1. The Hall–Kier alpha value is -2.04. The third-order valence-corrected chi connectivity index (χ3v) is 3.20. The topological polar surface area (TPSA) is 66.6 Å². The molecular formula is C13H17N3O2. The molecule has 1 aliphatic rings. The first kappa shape index (κ1) is 12.4. The average molecular weight is 247 g/mol. The summed E-state index contributed by atoms with van der Waals surface area (Å²) >= 11 is 0. The van der Waals surface area contributed by atoms with Gasteiger partial charge < -0.3 is 15.5 Å². The summed E-state index contributed by atoms with van der Waals surface area (Å²) in [6.07, 6.45) is 0. The first-order valence-corrected chi connectivity index (χ1v) is 5.99. The molecule has 0 bridgehead atoms. The number of para-hydroxylation sites is 1. The number of hydrogen-bond donors (Lipinski definition) is 1. The van der Waals surface area contributed by atoms with Gasteiger partial charge in [0, 0.05) is 38.8 Å². The summed E-state index contributed by atoms with van der Waals surface area (Å²) in [5, 5.41) is 0. The molecule has 1 aliphatic heterocycles. The lowest BCUT2D eigenvalue weighted by Crippen LogP contribution is -2.50. The summed E-state index contributed by atoms with van der Waals surface area (Å²) in [6.45, 7) is 3.85. The highest BCUT2D eigenvalue weighted by Gasteiger charge is 2.23. The molecule has 1 fully saturated rings. The van der Waals surface area contributed by atoms with E-state index in [1.165, 1.54) is 0 Å². The van der Waals surface area contributed by atoms with Crippen molar-refractivity contribution >= 4 is 17.5 Å². The Kier molecular flexibility index (Phi) is 3.50. The van der Waals surface area contributed by atoms with Gasteiger partial charge in [0.25, 0.3) is 5.91 Å². The van der Waals surface area contributed by atoms with Gasteiger partial charge in [-0.25, -0.2) is 0 Å². The summed E-state index contributed by atoms with van der Waals surface area (Å²) < 4.78 is 0. The number of hydrogen-bond acceptors (Lipinski definition) is 3. The van der Waals surface area contributed by atoms with E-state index in [1.54, 1.807) is 41.0 Å². The number of amides is 2. The van der Waals surface area contributed by atoms with Gasteiger partial charge in [0.15, 0.2) is 0 Å². The van der Waals surface area contributed by atoms with Gasteiger partial charge >= 0.3 is 0 Å². The molecule has 0 saturated carbocycles. The molecule has 1 aromatic carbocycles. The average Bonchev–Trinajstić information content (AvgIpc) is 2.38. The molecule has 96 valence electrons. The van der Waals surface area contributed by atoms with E-state index in [0.717, 1.165) is 0 Å². The predicted molar refractivity (Wildman–Crippen MR) is 69.0 cm³/mol. The van der Waals surface area contributed by atoms with Gasteiger partial charge in [-0.3, -0.25) is 9.59 Å². The normalized spacial score (nSPS) is 15.6. The lowest BCUT2D eigenvalue weighted by atomic mass is 10.1. The third-order valence-electron chi connectivity index (χ3n) is 3.20. The fraction of sp³-hybridized carbons (Fsp3) is 0.385. The number of carbonyl (C=O) groups excluding carboxylic acids is 2. The highest BCUT2D eigenvalue weighted by atomic mass is 16.2. The molecule has 1 aromatic rings. The Morgan fingerprint density at radius 2 is 1.61 bits per heavy atom.